The standard InChI is InChI=1S/C34H35N3O4/c1-36(20-21-37-18-8-9-19-37)28-15-17-32(41-24-25-10-4-2-5-11-25)30(23-28)33(38)35-31-22-27(14-16-29(31)34(39)40)26-12-6-3-7-13-26/h2-7,10-17,22-23H,8-9,18-21,24H2,1H3,(H,35,38)(H,39,40). The van der Waals surface area contributed by atoms with Gasteiger partial charge in [0.1, 0.15) is 12.4 Å². The molecule has 7 nitrogen and oxygen atoms in total. The van der Waals surface area contributed by atoms with Crippen molar-refractivity contribution in [1.82, 2.24) is 4.90 Å². The van der Waals surface area contributed by atoms with Gasteiger partial charge in [0.15, 0.2) is 0 Å². The molecule has 0 radical (unpaired) electrons. The number of ether oxygens (including phenoxy) is 1. The number of carboxylic acids is 1. The predicted molar refractivity (Wildman–Crippen MR) is 163 cm³/mol. The number of carbonyl (C=O) groups is 2. The molecule has 1 heterocycles. The van der Waals surface area contributed by atoms with Crippen LogP contribution in [0.5, 0.6) is 5.75 Å². The number of likely N-dealkylation sites (N-methyl/N-ethyl adjacent to an activating group) is 1. The number of nitrogens with one attached hydrogen (secondary N) is 1. The summed E-state index contributed by atoms with van der Waals surface area (Å²) in [6, 6.07) is 30.0. The van der Waals surface area contributed by atoms with Crippen molar-refractivity contribution in [2.75, 3.05) is 43.4 Å². The van der Waals surface area contributed by atoms with Gasteiger partial charge in [-0.3, -0.25) is 4.79 Å². The summed E-state index contributed by atoms with van der Waals surface area (Å²) < 4.78 is 6.12. The number of anilines is 2. The van der Waals surface area contributed by atoms with Gasteiger partial charge in [0, 0.05) is 25.8 Å². The van der Waals surface area contributed by atoms with Gasteiger partial charge in [-0.2, -0.15) is 0 Å². The lowest BCUT2D eigenvalue weighted by molar-refractivity contribution is 0.0698. The summed E-state index contributed by atoms with van der Waals surface area (Å²) in [6.45, 7) is 4.34. The van der Waals surface area contributed by atoms with Crippen molar-refractivity contribution in [2.24, 2.45) is 0 Å². The van der Waals surface area contributed by atoms with Crippen LogP contribution in [0.15, 0.2) is 97.1 Å². The molecule has 210 valence electrons. The average Bonchev–Trinajstić information content (AvgIpc) is 3.53. The van der Waals surface area contributed by atoms with Crippen LogP contribution in [0, 0.1) is 0 Å². The van der Waals surface area contributed by atoms with Gasteiger partial charge < -0.3 is 25.0 Å². The van der Waals surface area contributed by atoms with Crippen molar-refractivity contribution >= 4 is 23.3 Å². The minimum Gasteiger partial charge on any atom is -0.488 e. The molecule has 2 N–H and O–H groups in total. The molecule has 41 heavy (non-hydrogen) atoms. The maximum absolute atomic E-state index is 13.8. The van der Waals surface area contributed by atoms with Crippen LogP contribution in [-0.2, 0) is 6.61 Å². The van der Waals surface area contributed by atoms with Crippen LogP contribution in [0.3, 0.4) is 0 Å². The molecule has 4 aromatic carbocycles. The van der Waals surface area contributed by atoms with Gasteiger partial charge >= 0.3 is 5.97 Å². The number of likely N-dealkylation sites (tertiary alicyclic amines) is 1. The Bertz CT molecular complexity index is 1480. The summed E-state index contributed by atoms with van der Waals surface area (Å²) >= 11 is 0. The molecule has 0 unspecified atom stereocenters. The summed E-state index contributed by atoms with van der Waals surface area (Å²) in [6.07, 6.45) is 2.48. The Balaban J connectivity index is 1.43. The number of carbonyl (C=O) groups excluding carboxylic acids is 1. The smallest absolute Gasteiger partial charge is 0.337 e. The molecule has 0 bridgehead atoms. The van der Waals surface area contributed by atoms with E-state index < -0.39 is 11.9 Å². The first-order chi connectivity index (χ1) is 20.0. The second kappa shape index (κ2) is 13.2. The highest BCUT2D eigenvalue weighted by Crippen LogP contribution is 2.30. The summed E-state index contributed by atoms with van der Waals surface area (Å²) in [5.41, 5.74) is 4.19. The fraction of sp³-hybridized carbons (Fsp3) is 0.235. The number of carboxylic acid groups (broad SMARTS) is 1. The van der Waals surface area contributed by atoms with E-state index in [0.717, 1.165) is 48.6 Å². The van der Waals surface area contributed by atoms with E-state index >= 15 is 0 Å². The molecule has 1 aliphatic rings. The molecule has 0 aliphatic carbocycles. The molecule has 1 aliphatic heterocycles. The quantitative estimate of drug-likeness (QED) is 0.225. The lowest BCUT2D eigenvalue weighted by Gasteiger charge is -2.24. The van der Waals surface area contributed by atoms with Crippen LogP contribution >= 0.6 is 0 Å². The Morgan fingerprint density at radius 2 is 1.56 bits per heavy atom. The Kier molecular flexibility index (Phi) is 8.96. The molecule has 1 saturated heterocycles. The SMILES string of the molecule is CN(CCN1CCCC1)c1ccc(OCc2ccccc2)c(C(=O)Nc2cc(-c3ccccc3)ccc2C(=O)O)c1. The molecule has 0 aromatic heterocycles. The Morgan fingerprint density at radius 3 is 2.27 bits per heavy atom. The number of amides is 1. The highest BCUT2D eigenvalue weighted by atomic mass is 16.5. The fourth-order valence-electron chi connectivity index (χ4n) is 5.05. The summed E-state index contributed by atoms with van der Waals surface area (Å²) in [5.74, 6) is -1.12. The van der Waals surface area contributed by atoms with E-state index in [1.165, 1.54) is 18.9 Å². The molecule has 4 aromatic rings. The first-order valence-corrected chi connectivity index (χ1v) is 14.0. The Morgan fingerprint density at radius 1 is 0.854 bits per heavy atom. The molecule has 0 saturated carbocycles. The van der Waals surface area contributed by atoms with Gasteiger partial charge in [-0.25, -0.2) is 4.79 Å². The van der Waals surface area contributed by atoms with Crippen LogP contribution in [-0.4, -0.2) is 55.1 Å². The fourth-order valence-corrected chi connectivity index (χ4v) is 5.05. The van der Waals surface area contributed by atoms with Crippen molar-refractivity contribution in [3.05, 3.63) is 114 Å². The first kappa shape index (κ1) is 27.9. The molecule has 1 fully saturated rings. The van der Waals surface area contributed by atoms with Crippen molar-refractivity contribution in [2.45, 2.75) is 19.4 Å². The average molecular weight is 550 g/mol. The highest BCUT2D eigenvalue weighted by molar-refractivity contribution is 6.10. The number of nitrogens with zero attached hydrogens (tertiary/aromatic N) is 2. The van der Waals surface area contributed by atoms with Crippen molar-refractivity contribution in [3.8, 4) is 16.9 Å². The molecule has 0 spiro atoms. The monoisotopic (exact) mass is 549 g/mol. The lowest BCUT2D eigenvalue weighted by Crippen LogP contribution is -2.31. The van der Waals surface area contributed by atoms with E-state index in [4.69, 9.17) is 4.74 Å². The number of hydrogen-bond donors (Lipinski definition) is 2. The van der Waals surface area contributed by atoms with Crippen LogP contribution in [0.4, 0.5) is 11.4 Å². The Hall–Kier alpha value is -4.62. The predicted octanol–water partition coefficient (Wildman–Crippen LogP) is 6.42. The zero-order valence-electron chi connectivity index (χ0n) is 23.3. The van der Waals surface area contributed by atoms with E-state index in [1.807, 2.05) is 85.9 Å². The highest BCUT2D eigenvalue weighted by Gasteiger charge is 2.20. The Labute approximate surface area is 241 Å². The zero-order chi connectivity index (χ0) is 28.6. The lowest BCUT2D eigenvalue weighted by atomic mass is 10.0. The third kappa shape index (κ3) is 7.13. The summed E-state index contributed by atoms with van der Waals surface area (Å²) in [5, 5.41) is 12.7. The van der Waals surface area contributed by atoms with Gasteiger partial charge in [-0.15, -0.1) is 0 Å². The maximum atomic E-state index is 13.8. The molecule has 7 heteroatoms. The van der Waals surface area contributed by atoms with Crippen LogP contribution in [0.1, 0.15) is 39.1 Å². The molecular formula is C34H35N3O4. The maximum Gasteiger partial charge on any atom is 0.337 e. The summed E-state index contributed by atoms with van der Waals surface area (Å²) in [4.78, 5) is 30.4. The van der Waals surface area contributed by atoms with Crippen molar-refractivity contribution in [1.29, 1.82) is 0 Å². The van der Waals surface area contributed by atoms with Crippen molar-refractivity contribution < 1.29 is 19.4 Å². The normalized spacial score (nSPS) is 13.1. The van der Waals surface area contributed by atoms with Crippen LogP contribution in [0.2, 0.25) is 0 Å². The number of aromatic carboxylic acids is 1. The molecular weight excluding hydrogens is 514 g/mol. The van der Waals surface area contributed by atoms with Crippen LogP contribution < -0.4 is 15.0 Å². The van der Waals surface area contributed by atoms with Crippen molar-refractivity contribution in [3.63, 3.8) is 0 Å². The molecule has 1 amide bonds. The zero-order valence-corrected chi connectivity index (χ0v) is 23.3. The van der Waals surface area contributed by atoms with E-state index in [0.29, 0.717) is 17.9 Å². The number of hydrogen-bond acceptors (Lipinski definition) is 5. The van der Waals surface area contributed by atoms with Gasteiger partial charge in [-0.05, 0) is 73.0 Å². The number of benzene rings is 4. The first-order valence-electron chi connectivity index (χ1n) is 14.0. The topological polar surface area (TPSA) is 82.1 Å². The van der Waals surface area contributed by atoms with Gasteiger partial charge in [0.2, 0.25) is 0 Å². The van der Waals surface area contributed by atoms with Gasteiger partial charge in [0.25, 0.3) is 5.91 Å². The third-order valence-electron chi connectivity index (χ3n) is 7.44. The second-order valence-corrected chi connectivity index (χ2v) is 10.3. The van der Waals surface area contributed by atoms with E-state index in [1.54, 1.807) is 12.1 Å². The van der Waals surface area contributed by atoms with Gasteiger partial charge in [0.05, 0.1) is 16.8 Å². The van der Waals surface area contributed by atoms with E-state index in [-0.39, 0.29) is 11.3 Å². The van der Waals surface area contributed by atoms with Crippen LogP contribution in [0.25, 0.3) is 11.1 Å². The largest absolute Gasteiger partial charge is 0.488 e. The van der Waals surface area contributed by atoms with Gasteiger partial charge in [-0.1, -0.05) is 66.7 Å². The minimum absolute atomic E-state index is 0.0173. The van der Waals surface area contributed by atoms with E-state index in [2.05, 4.69) is 15.1 Å². The molecule has 5 rings (SSSR count). The van der Waals surface area contributed by atoms with E-state index in [9.17, 15) is 14.7 Å². The molecule has 0 atom stereocenters. The second-order valence-electron chi connectivity index (χ2n) is 10.3. The minimum atomic E-state index is -1.11. The third-order valence-corrected chi connectivity index (χ3v) is 7.44. The number of rotatable bonds is 11. The summed E-state index contributed by atoms with van der Waals surface area (Å²) in [7, 11) is 2.02.